The van der Waals surface area contributed by atoms with Crippen LogP contribution >= 0.6 is 0 Å². The molecule has 0 fully saturated rings. The number of carbonyl (C=O) groups excluding carboxylic acids is 2. The third-order valence-electron chi connectivity index (χ3n) is 3.23. The average Bonchev–Trinajstić information content (AvgIpc) is 3.05. The second-order valence-electron chi connectivity index (χ2n) is 4.68. The molecule has 0 unspecified atom stereocenters. The van der Waals surface area contributed by atoms with Crippen molar-refractivity contribution in [1.29, 1.82) is 0 Å². The Bertz CT molecular complexity index is 649. The zero-order valence-corrected chi connectivity index (χ0v) is 10.8. The van der Waals surface area contributed by atoms with Gasteiger partial charge in [-0.3, -0.25) is 9.59 Å². The van der Waals surface area contributed by atoms with Gasteiger partial charge < -0.3 is 15.6 Å². The van der Waals surface area contributed by atoms with E-state index in [0.717, 1.165) is 16.9 Å². The Kier molecular flexibility index (Phi) is 3.20. The number of imidazole rings is 1. The molecule has 20 heavy (non-hydrogen) atoms. The minimum Gasteiger partial charge on any atom is -0.352 e. The van der Waals surface area contributed by atoms with Crippen LogP contribution in [0, 0.1) is 0 Å². The number of hydrogen-bond acceptors (Lipinski definition) is 3. The highest BCUT2D eigenvalue weighted by atomic mass is 16.2. The minimum absolute atomic E-state index is 0.0307. The van der Waals surface area contributed by atoms with Crippen LogP contribution in [0.5, 0.6) is 0 Å². The fraction of sp³-hybridized carbons (Fsp3) is 0.214. The molecule has 0 bridgehead atoms. The van der Waals surface area contributed by atoms with Gasteiger partial charge in [0.1, 0.15) is 0 Å². The Morgan fingerprint density at radius 2 is 2.30 bits per heavy atom. The number of aromatic amines is 1. The summed E-state index contributed by atoms with van der Waals surface area (Å²) in [6.07, 6.45) is 4.43. The van der Waals surface area contributed by atoms with Crippen LogP contribution in [0.4, 0.5) is 5.69 Å². The number of nitrogens with one attached hydrogen (secondary N) is 3. The van der Waals surface area contributed by atoms with Crippen LogP contribution in [0.2, 0.25) is 0 Å². The van der Waals surface area contributed by atoms with Crippen molar-refractivity contribution in [3.05, 3.63) is 47.5 Å². The molecule has 2 aromatic rings. The number of nitrogens with zero attached hydrogens (tertiary/aromatic N) is 1. The van der Waals surface area contributed by atoms with Crippen LogP contribution in [0.25, 0.3) is 0 Å². The molecule has 1 aromatic carbocycles. The summed E-state index contributed by atoms with van der Waals surface area (Å²) in [7, 11) is 0. The molecule has 0 spiro atoms. The van der Waals surface area contributed by atoms with Gasteiger partial charge in [0.05, 0.1) is 12.7 Å². The molecule has 1 aliphatic rings. The summed E-state index contributed by atoms with van der Waals surface area (Å²) in [5, 5.41) is 5.58. The third kappa shape index (κ3) is 2.54. The maximum absolute atomic E-state index is 12.0. The first-order valence-corrected chi connectivity index (χ1v) is 6.40. The number of hydrogen-bond donors (Lipinski definition) is 3. The summed E-state index contributed by atoms with van der Waals surface area (Å²) in [5.74, 6) is -0.176. The highest BCUT2D eigenvalue weighted by Crippen LogP contribution is 2.23. The van der Waals surface area contributed by atoms with Crippen molar-refractivity contribution < 1.29 is 9.59 Å². The second kappa shape index (κ2) is 5.16. The molecule has 0 radical (unpaired) electrons. The van der Waals surface area contributed by atoms with Gasteiger partial charge >= 0.3 is 0 Å². The number of benzene rings is 1. The highest BCUT2D eigenvalue weighted by Gasteiger charge is 2.18. The van der Waals surface area contributed by atoms with Gasteiger partial charge in [0, 0.05) is 36.1 Å². The van der Waals surface area contributed by atoms with Gasteiger partial charge in [-0.25, -0.2) is 4.98 Å². The molecular formula is C14H14N4O2. The highest BCUT2D eigenvalue weighted by molar-refractivity contribution is 6.02. The molecule has 6 heteroatoms. The van der Waals surface area contributed by atoms with Gasteiger partial charge in [-0.1, -0.05) is 6.07 Å². The lowest BCUT2D eigenvalue weighted by atomic mass is 10.1. The van der Waals surface area contributed by atoms with Crippen LogP contribution in [0.3, 0.4) is 0 Å². The summed E-state index contributed by atoms with van der Waals surface area (Å²) in [5.41, 5.74) is 3.20. The molecule has 0 saturated carbocycles. The molecule has 102 valence electrons. The van der Waals surface area contributed by atoms with E-state index in [-0.39, 0.29) is 11.8 Å². The van der Waals surface area contributed by atoms with E-state index < -0.39 is 0 Å². The molecule has 1 aromatic heterocycles. The molecule has 3 rings (SSSR count). The normalized spacial score (nSPS) is 12.9. The van der Waals surface area contributed by atoms with Crippen molar-refractivity contribution in [2.45, 2.75) is 12.8 Å². The molecule has 6 nitrogen and oxygen atoms in total. The van der Waals surface area contributed by atoms with E-state index in [1.54, 1.807) is 24.7 Å². The third-order valence-corrected chi connectivity index (χ3v) is 3.23. The number of amides is 2. The molecule has 1 aliphatic heterocycles. The fourth-order valence-electron chi connectivity index (χ4n) is 2.19. The van der Waals surface area contributed by atoms with E-state index >= 15 is 0 Å². The molecule has 0 atom stereocenters. The lowest BCUT2D eigenvalue weighted by molar-refractivity contribution is -0.115. The molecule has 0 saturated heterocycles. The van der Waals surface area contributed by atoms with E-state index in [0.29, 0.717) is 24.9 Å². The molecule has 3 N–H and O–H groups in total. The standard InChI is InChI=1S/C14H14N4O2/c19-13-6-9-1-2-10(5-12(9)18-13)14(20)16-4-3-11-7-15-8-17-11/h1-2,5,7-8H,3-4,6H2,(H,15,17)(H,16,20)(H,18,19). The summed E-state index contributed by atoms with van der Waals surface area (Å²) < 4.78 is 0. The SMILES string of the molecule is O=C1Cc2ccc(C(=O)NCCc3cnc[nH]3)cc2N1. The molecule has 0 aliphatic carbocycles. The zero-order chi connectivity index (χ0) is 13.9. The lowest BCUT2D eigenvalue weighted by Gasteiger charge is -2.06. The summed E-state index contributed by atoms with van der Waals surface area (Å²) in [6.45, 7) is 0.532. The van der Waals surface area contributed by atoms with Crippen molar-refractivity contribution in [3.8, 4) is 0 Å². The van der Waals surface area contributed by atoms with Gasteiger partial charge in [0.2, 0.25) is 5.91 Å². The van der Waals surface area contributed by atoms with Crippen LogP contribution in [0.15, 0.2) is 30.7 Å². The second-order valence-corrected chi connectivity index (χ2v) is 4.68. The number of carbonyl (C=O) groups is 2. The minimum atomic E-state index is -0.145. The molecule has 2 amide bonds. The monoisotopic (exact) mass is 270 g/mol. The number of rotatable bonds is 4. The Hall–Kier alpha value is -2.63. The fourth-order valence-corrected chi connectivity index (χ4v) is 2.19. The first-order chi connectivity index (χ1) is 9.72. The van der Waals surface area contributed by atoms with Crippen molar-refractivity contribution in [1.82, 2.24) is 15.3 Å². The van der Waals surface area contributed by atoms with Crippen LogP contribution in [-0.4, -0.2) is 28.3 Å². The smallest absolute Gasteiger partial charge is 0.251 e. The zero-order valence-electron chi connectivity index (χ0n) is 10.8. The van der Waals surface area contributed by atoms with Crippen molar-refractivity contribution in [2.24, 2.45) is 0 Å². The number of fused-ring (bicyclic) bond motifs is 1. The van der Waals surface area contributed by atoms with Crippen molar-refractivity contribution in [3.63, 3.8) is 0 Å². The van der Waals surface area contributed by atoms with Gasteiger partial charge in [0.25, 0.3) is 5.91 Å². The molecular weight excluding hydrogens is 256 g/mol. The predicted molar refractivity (Wildman–Crippen MR) is 73.4 cm³/mol. The van der Waals surface area contributed by atoms with E-state index in [2.05, 4.69) is 20.6 Å². The Labute approximate surface area is 115 Å². The van der Waals surface area contributed by atoms with Crippen LogP contribution in [-0.2, 0) is 17.6 Å². The summed E-state index contributed by atoms with van der Waals surface area (Å²) in [6, 6.07) is 5.27. The van der Waals surface area contributed by atoms with Gasteiger partial charge in [-0.15, -0.1) is 0 Å². The predicted octanol–water partition coefficient (Wildman–Crippen LogP) is 0.877. The van der Waals surface area contributed by atoms with Crippen molar-refractivity contribution in [2.75, 3.05) is 11.9 Å². The largest absolute Gasteiger partial charge is 0.352 e. The van der Waals surface area contributed by atoms with Crippen molar-refractivity contribution >= 4 is 17.5 Å². The van der Waals surface area contributed by atoms with Crippen LogP contribution in [0.1, 0.15) is 21.6 Å². The summed E-state index contributed by atoms with van der Waals surface area (Å²) >= 11 is 0. The maximum Gasteiger partial charge on any atom is 0.251 e. The average molecular weight is 270 g/mol. The van der Waals surface area contributed by atoms with Gasteiger partial charge in [0.15, 0.2) is 0 Å². The first kappa shape index (κ1) is 12.4. The van der Waals surface area contributed by atoms with Crippen LogP contribution < -0.4 is 10.6 Å². The topological polar surface area (TPSA) is 86.9 Å². The Morgan fingerprint density at radius 1 is 1.40 bits per heavy atom. The quantitative estimate of drug-likeness (QED) is 0.770. The van der Waals surface area contributed by atoms with Gasteiger partial charge in [-0.05, 0) is 17.7 Å². The number of anilines is 1. The first-order valence-electron chi connectivity index (χ1n) is 6.40. The van der Waals surface area contributed by atoms with E-state index in [4.69, 9.17) is 0 Å². The summed E-state index contributed by atoms with van der Waals surface area (Å²) in [4.78, 5) is 30.2. The Morgan fingerprint density at radius 3 is 3.10 bits per heavy atom. The maximum atomic E-state index is 12.0. The Balaban J connectivity index is 1.60. The number of H-pyrrole nitrogens is 1. The van der Waals surface area contributed by atoms with Gasteiger partial charge in [-0.2, -0.15) is 0 Å². The van der Waals surface area contributed by atoms with E-state index in [9.17, 15) is 9.59 Å². The van der Waals surface area contributed by atoms with E-state index in [1.807, 2.05) is 6.07 Å². The molecule has 2 heterocycles. The lowest BCUT2D eigenvalue weighted by Crippen LogP contribution is -2.25. The number of aromatic nitrogens is 2. The van der Waals surface area contributed by atoms with E-state index in [1.165, 1.54) is 0 Å².